The lowest BCUT2D eigenvalue weighted by atomic mass is 9.52. The standard InChI is InChI=1S/C27H32IN3O7/c1-30(2)20-15-9-12-8-14-16(28)10-13(11-31-6-4-3-5-7-31)21(32)18(14)22(33)17(12)24(35)27(15,38)25(36)19(23(20)34)26(29)37/h10,12,15,17,19-20,32,38H,3-9,11H2,1-2H3,(H2,29,37)/t12-,15-,17?,19?,20?,27-/m0/s1. The van der Waals surface area contributed by atoms with Crippen molar-refractivity contribution in [2.75, 3.05) is 27.2 Å². The normalized spacial score (nSPS) is 33.7. The van der Waals surface area contributed by atoms with Crippen molar-refractivity contribution < 1.29 is 34.2 Å². The molecule has 0 aromatic heterocycles. The van der Waals surface area contributed by atoms with Crippen LogP contribution in [0, 0.1) is 27.2 Å². The van der Waals surface area contributed by atoms with Crippen LogP contribution in [-0.4, -0.2) is 87.9 Å². The van der Waals surface area contributed by atoms with E-state index in [2.05, 4.69) is 27.5 Å². The van der Waals surface area contributed by atoms with Gasteiger partial charge in [-0.25, -0.2) is 0 Å². The largest absolute Gasteiger partial charge is 0.507 e. The average Bonchev–Trinajstić information content (AvgIpc) is 2.84. The molecular formula is C27H32IN3O7. The number of phenols is 1. The maximum atomic E-state index is 13.9. The fourth-order valence-corrected chi connectivity index (χ4v) is 8.02. The van der Waals surface area contributed by atoms with Crippen molar-refractivity contribution in [2.45, 2.75) is 50.3 Å². The van der Waals surface area contributed by atoms with E-state index >= 15 is 0 Å². The van der Waals surface area contributed by atoms with E-state index in [1.165, 1.54) is 4.90 Å². The summed E-state index contributed by atoms with van der Waals surface area (Å²) in [4.78, 5) is 70.1. The predicted octanol–water partition coefficient (Wildman–Crippen LogP) is 0.458. The van der Waals surface area contributed by atoms with Crippen LogP contribution in [0.25, 0.3) is 0 Å². The first-order valence-corrected chi connectivity index (χ1v) is 14.1. The number of carbonyl (C=O) groups is 5. The molecule has 0 bridgehead atoms. The minimum absolute atomic E-state index is 0.0519. The number of likely N-dealkylation sites (N-methyl/N-ethyl adjacent to an activating group) is 1. The van der Waals surface area contributed by atoms with Gasteiger partial charge in [0.1, 0.15) is 5.75 Å². The van der Waals surface area contributed by atoms with Gasteiger partial charge < -0.3 is 15.9 Å². The summed E-state index contributed by atoms with van der Waals surface area (Å²) in [5, 5.41) is 22.9. The topological polar surface area (TPSA) is 158 Å². The van der Waals surface area contributed by atoms with Crippen molar-refractivity contribution in [1.29, 1.82) is 0 Å². The number of carbonyl (C=O) groups excluding carboxylic acids is 5. The molecule has 4 N–H and O–H groups in total. The molecule has 6 atom stereocenters. The van der Waals surface area contributed by atoms with E-state index in [0.717, 1.165) is 35.9 Å². The number of rotatable bonds is 4. The Hall–Kier alpha value is -2.22. The van der Waals surface area contributed by atoms with Crippen LogP contribution in [0.15, 0.2) is 6.07 Å². The van der Waals surface area contributed by atoms with Crippen LogP contribution in [0.1, 0.15) is 47.2 Å². The smallest absolute Gasteiger partial charge is 0.235 e. The fraction of sp³-hybridized carbons (Fsp3) is 0.593. The maximum Gasteiger partial charge on any atom is 0.235 e. The Labute approximate surface area is 234 Å². The van der Waals surface area contributed by atoms with Crippen LogP contribution in [0.2, 0.25) is 0 Å². The zero-order valence-corrected chi connectivity index (χ0v) is 23.6. The number of hydrogen-bond donors (Lipinski definition) is 3. The molecule has 2 saturated carbocycles. The minimum Gasteiger partial charge on any atom is -0.507 e. The molecule has 3 unspecified atom stereocenters. The summed E-state index contributed by atoms with van der Waals surface area (Å²) in [6.45, 7) is 2.27. The van der Waals surface area contributed by atoms with Crippen LogP contribution >= 0.6 is 22.6 Å². The highest BCUT2D eigenvalue weighted by Gasteiger charge is 2.69. The molecule has 10 nitrogen and oxygen atoms in total. The van der Waals surface area contributed by atoms with E-state index in [4.69, 9.17) is 5.73 Å². The van der Waals surface area contributed by atoms with Crippen molar-refractivity contribution in [3.05, 3.63) is 26.3 Å². The quantitative estimate of drug-likeness (QED) is 0.315. The van der Waals surface area contributed by atoms with Gasteiger partial charge in [0.05, 0.1) is 17.5 Å². The summed E-state index contributed by atoms with van der Waals surface area (Å²) in [7, 11) is 3.14. The Morgan fingerprint density at radius 3 is 2.42 bits per heavy atom. The van der Waals surface area contributed by atoms with Crippen LogP contribution in [0.3, 0.4) is 0 Å². The molecule has 204 valence electrons. The lowest BCUT2D eigenvalue weighted by molar-refractivity contribution is -0.181. The Bertz CT molecular complexity index is 1260. The lowest BCUT2D eigenvalue weighted by Crippen LogP contribution is -2.74. The summed E-state index contributed by atoms with van der Waals surface area (Å²) in [5.41, 5.74) is 3.96. The van der Waals surface area contributed by atoms with Crippen molar-refractivity contribution >= 4 is 51.6 Å². The zero-order valence-electron chi connectivity index (χ0n) is 21.4. The summed E-state index contributed by atoms with van der Waals surface area (Å²) in [6.07, 6.45) is 3.62. The molecule has 3 aliphatic carbocycles. The van der Waals surface area contributed by atoms with E-state index in [1.54, 1.807) is 14.1 Å². The highest BCUT2D eigenvalue weighted by atomic mass is 127. The van der Waals surface area contributed by atoms with Gasteiger partial charge in [0, 0.05) is 21.6 Å². The third-order valence-corrected chi connectivity index (χ3v) is 9.89. The number of piperidine rings is 1. The third kappa shape index (κ3) is 3.96. The molecular weight excluding hydrogens is 605 g/mol. The number of fused-ring (bicyclic) bond motifs is 3. The fourth-order valence-electron chi connectivity index (χ4n) is 7.16. The highest BCUT2D eigenvalue weighted by Crippen LogP contribution is 2.51. The molecule has 1 saturated heterocycles. The molecule has 1 aliphatic heterocycles. The Morgan fingerprint density at radius 2 is 1.82 bits per heavy atom. The van der Waals surface area contributed by atoms with Gasteiger partial charge in [-0.15, -0.1) is 0 Å². The molecule has 4 aliphatic rings. The number of aliphatic hydroxyl groups is 1. The van der Waals surface area contributed by atoms with Gasteiger partial charge >= 0.3 is 0 Å². The first kappa shape index (κ1) is 27.4. The van der Waals surface area contributed by atoms with Crippen molar-refractivity contribution in [3.63, 3.8) is 0 Å². The first-order chi connectivity index (χ1) is 17.9. The van der Waals surface area contributed by atoms with Gasteiger partial charge in [-0.1, -0.05) is 6.42 Å². The second-order valence-corrected chi connectivity index (χ2v) is 12.5. The molecule has 1 amide bonds. The summed E-state index contributed by atoms with van der Waals surface area (Å²) < 4.78 is 0.802. The monoisotopic (exact) mass is 637 g/mol. The molecule has 1 aromatic rings. The van der Waals surface area contributed by atoms with Crippen LogP contribution < -0.4 is 5.73 Å². The Kier molecular flexibility index (Phi) is 7.02. The van der Waals surface area contributed by atoms with Gasteiger partial charge in [-0.05, 0) is 93.0 Å². The molecule has 3 fully saturated rings. The number of hydrogen-bond acceptors (Lipinski definition) is 9. The summed E-state index contributed by atoms with van der Waals surface area (Å²) in [6, 6.07) is 0.780. The van der Waals surface area contributed by atoms with Gasteiger partial charge in [-0.2, -0.15) is 0 Å². The number of likely N-dealkylation sites (tertiary alicyclic amines) is 1. The third-order valence-electron chi connectivity index (χ3n) is 8.93. The molecule has 0 spiro atoms. The van der Waals surface area contributed by atoms with Crippen molar-refractivity contribution in [2.24, 2.45) is 29.4 Å². The number of nitrogens with zero attached hydrogens (tertiary/aromatic N) is 2. The number of benzene rings is 1. The van der Waals surface area contributed by atoms with Gasteiger partial charge in [-0.3, -0.25) is 33.8 Å². The number of amides is 1. The van der Waals surface area contributed by atoms with Gasteiger partial charge in [0.2, 0.25) is 5.91 Å². The average molecular weight is 637 g/mol. The lowest BCUT2D eigenvalue weighted by Gasteiger charge is -2.52. The number of halogens is 1. The molecule has 5 rings (SSSR count). The highest BCUT2D eigenvalue weighted by molar-refractivity contribution is 14.1. The molecule has 0 radical (unpaired) electrons. The maximum absolute atomic E-state index is 13.9. The van der Waals surface area contributed by atoms with Gasteiger partial charge in [0.15, 0.2) is 34.7 Å². The first-order valence-electron chi connectivity index (χ1n) is 13.0. The Morgan fingerprint density at radius 1 is 1.16 bits per heavy atom. The number of phenolic OH excluding ortho intramolecular Hbond substituents is 1. The number of nitrogens with two attached hydrogens (primary N) is 1. The van der Waals surface area contributed by atoms with Crippen molar-refractivity contribution in [1.82, 2.24) is 9.80 Å². The van der Waals surface area contributed by atoms with Crippen LogP contribution in [0.4, 0.5) is 0 Å². The van der Waals surface area contributed by atoms with Crippen molar-refractivity contribution in [3.8, 4) is 5.75 Å². The van der Waals surface area contributed by atoms with Gasteiger partial charge in [0.25, 0.3) is 0 Å². The molecule has 38 heavy (non-hydrogen) atoms. The number of primary amides is 1. The van der Waals surface area contributed by atoms with E-state index in [9.17, 15) is 34.2 Å². The second kappa shape index (κ2) is 9.76. The molecule has 1 heterocycles. The van der Waals surface area contributed by atoms with E-state index in [1.807, 2.05) is 6.07 Å². The summed E-state index contributed by atoms with van der Waals surface area (Å²) in [5.74, 6) is -10.1. The Balaban J connectivity index is 1.57. The van der Waals surface area contributed by atoms with Crippen LogP contribution in [0.5, 0.6) is 5.75 Å². The summed E-state index contributed by atoms with van der Waals surface area (Å²) >= 11 is 2.15. The van der Waals surface area contributed by atoms with E-state index in [0.29, 0.717) is 17.7 Å². The predicted molar refractivity (Wildman–Crippen MR) is 143 cm³/mol. The SMILES string of the molecule is CN(C)C1C(=O)C(C(N)=O)C(=O)[C@@]2(O)C(=O)C3C(=O)c4c(O)c(CN5CCCCC5)cc(I)c4C[C@H]3C[C@@H]12. The number of aromatic hydroxyl groups is 1. The van der Waals surface area contributed by atoms with E-state index in [-0.39, 0.29) is 24.2 Å². The zero-order chi connectivity index (χ0) is 27.7. The second-order valence-electron chi connectivity index (χ2n) is 11.3. The molecule has 1 aromatic carbocycles. The van der Waals surface area contributed by atoms with Crippen LogP contribution in [-0.2, 0) is 32.1 Å². The van der Waals surface area contributed by atoms with E-state index < -0.39 is 64.4 Å². The number of Topliss-reactive ketones (excluding diaryl/α,β-unsaturated/α-hetero) is 4. The molecule has 11 heteroatoms. The minimum atomic E-state index is -2.70. The number of ketones is 4.